The normalized spacial score (nSPS) is 17.6. The smallest absolute Gasteiger partial charge is 0.416 e. The summed E-state index contributed by atoms with van der Waals surface area (Å²) in [5.41, 5.74) is 1.35. The SMILES string of the molecule is O=C(Nc1ccc(C(F)(F)F)cc1)c1cccc2c1OCCN2c1ccc(COC2CCCCO2)cn1. The number of nitrogens with one attached hydrogen (secondary N) is 1. The van der Waals surface area contributed by atoms with Crippen molar-refractivity contribution in [3.8, 4) is 5.75 Å². The summed E-state index contributed by atoms with van der Waals surface area (Å²) < 4.78 is 55.8. The number of amides is 1. The van der Waals surface area contributed by atoms with Crippen LogP contribution in [0, 0.1) is 0 Å². The van der Waals surface area contributed by atoms with Crippen LogP contribution in [0.3, 0.4) is 0 Å². The summed E-state index contributed by atoms with van der Waals surface area (Å²) in [7, 11) is 0. The third kappa shape index (κ3) is 5.86. The van der Waals surface area contributed by atoms with E-state index in [9.17, 15) is 18.0 Å². The lowest BCUT2D eigenvalue weighted by Crippen LogP contribution is -2.30. The summed E-state index contributed by atoms with van der Waals surface area (Å²) >= 11 is 0. The molecule has 2 aliphatic rings. The lowest BCUT2D eigenvalue weighted by molar-refractivity contribution is -0.168. The van der Waals surface area contributed by atoms with Gasteiger partial charge in [-0.3, -0.25) is 4.79 Å². The number of carbonyl (C=O) groups excluding carboxylic acids is 1. The number of rotatable bonds is 6. The van der Waals surface area contributed by atoms with E-state index in [0.717, 1.165) is 43.6 Å². The first-order valence-electron chi connectivity index (χ1n) is 12.1. The quantitative estimate of drug-likeness (QED) is 0.441. The average Bonchev–Trinajstić information content (AvgIpc) is 2.92. The number of alkyl halides is 3. The van der Waals surface area contributed by atoms with E-state index in [4.69, 9.17) is 14.2 Å². The van der Waals surface area contributed by atoms with E-state index in [1.807, 2.05) is 23.1 Å². The first-order chi connectivity index (χ1) is 17.9. The van der Waals surface area contributed by atoms with E-state index in [-0.39, 0.29) is 17.5 Å². The molecule has 37 heavy (non-hydrogen) atoms. The predicted molar refractivity (Wildman–Crippen MR) is 131 cm³/mol. The van der Waals surface area contributed by atoms with Crippen LogP contribution in [0.25, 0.3) is 0 Å². The van der Waals surface area contributed by atoms with Crippen LogP contribution < -0.4 is 15.0 Å². The number of para-hydroxylation sites is 1. The summed E-state index contributed by atoms with van der Waals surface area (Å²) in [5, 5.41) is 2.65. The lowest BCUT2D eigenvalue weighted by Gasteiger charge is -2.31. The maximum atomic E-state index is 13.0. The standard InChI is InChI=1S/C27H26F3N3O4/c28-27(29,30)19-8-10-20(11-9-19)32-26(34)21-4-3-5-22-25(21)36-15-13-33(22)23-12-7-18(16-31-23)17-37-24-6-1-2-14-35-24/h3-5,7-12,16,24H,1-2,6,13-15,17H2,(H,32,34). The molecular weight excluding hydrogens is 487 g/mol. The molecule has 0 radical (unpaired) electrons. The number of carbonyl (C=O) groups is 1. The number of ether oxygens (including phenoxy) is 3. The third-order valence-corrected chi connectivity index (χ3v) is 6.22. The number of fused-ring (bicyclic) bond motifs is 1. The zero-order valence-electron chi connectivity index (χ0n) is 20.0. The van der Waals surface area contributed by atoms with Crippen LogP contribution in [0.1, 0.15) is 40.7 Å². The van der Waals surface area contributed by atoms with Crippen molar-refractivity contribution in [2.75, 3.05) is 30.0 Å². The van der Waals surface area contributed by atoms with Gasteiger partial charge in [-0.15, -0.1) is 0 Å². The Bertz CT molecular complexity index is 1230. The van der Waals surface area contributed by atoms with Gasteiger partial charge in [-0.2, -0.15) is 13.2 Å². The molecule has 7 nitrogen and oxygen atoms in total. The van der Waals surface area contributed by atoms with Crippen molar-refractivity contribution in [1.82, 2.24) is 4.98 Å². The summed E-state index contributed by atoms with van der Waals surface area (Å²) in [4.78, 5) is 19.5. The zero-order chi connectivity index (χ0) is 25.8. The highest BCUT2D eigenvalue weighted by Gasteiger charge is 2.30. The van der Waals surface area contributed by atoms with E-state index in [0.29, 0.717) is 37.0 Å². The number of aromatic nitrogens is 1. The van der Waals surface area contributed by atoms with E-state index in [1.165, 1.54) is 12.1 Å². The molecule has 1 amide bonds. The molecule has 0 aliphatic carbocycles. The second kappa shape index (κ2) is 10.8. The van der Waals surface area contributed by atoms with Crippen molar-refractivity contribution < 1.29 is 32.2 Å². The molecule has 1 aromatic heterocycles. The van der Waals surface area contributed by atoms with Crippen LogP contribution in [-0.2, 0) is 22.3 Å². The van der Waals surface area contributed by atoms with Gasteiger partial charge in [-0.1, -0.05) is 12.1 Å². The van der Waals surface area contributed by atoms with Crippen LogP contribution in [0.15, 0.2) is 60.8 Å². The lowest BCUT2D eigenvalue weighted by atomic mass is 10.1. The predicted octanol–water partition coefficient (Wildman–Crippen LogP) is 5.93. The molecule has 1 N–H and O–H groups in total. The second-order valence-corrected chi connectivity index (χ2v) is 8.81. The molecule has 5 rings (SSSR count). The second-order valence-electron chi connectivity index (χ2n) is 8.81. The van der Waals surface area contributed by atoms with Crippen molar-refractivity contribution in [2.45, 2.75) is 38.3 Å². The first-order valence-corrected chi connectivity index (χ1v) is 12.1. The summed E-state index contributed by atoms with van der Waals surface area (Å²) in [6.45, 7) is 2.01. The maximum absolute atomic E-state index is 13.0. The molecule has 3 aromatic rings. The Labute approximate surface area is 212 Å². The number of anilines is 3. The molecule has 10 heteroatoms. The molecule has 1 saturated heterocycles. The molecule has 0 saturated carbocycles. The Morgan fingerprint density at radius 2 is 1.92 bits per heavy atom. The van der Waals surface area contributed by atoms with Gasteiger partial charge in [0, 0.05) is 18.5 Å². The topological polar surface area (TPSA) is 72.9 Å². The van der Waals surface area contributed by atoms with Crippen LogP contribution in [0.2, 0.25) is 0 Å². The van der Waals surface area contributed by atoms with Crippen molar-refractivity contribution in [1.29, 1.82) is 0 Å². The minimum Gasteiger partial charge on any atom is -0.489 e. The third-order valence-electron chi connectivity index (χ3n) is 6.22. The Hall–Kier alpha value is -3.63. The van der Waals surface area contributed by atoms with Crippen molar-refractivity contribution in [3.05, 3.63) is 77.5 Å². The number of benzene rings is 2. The Kier molecular flexibility index (Phi) is 7.29. The summed E-state index contributed by atoms with van der Waals surface area (Å²) in [5.74, 6) is 0.605. The molecule has 2 aliphatic heterocycles. The number of hydrogen-bond donors (Lipinski definition) is 1. The molecule has 1 unspecified atom stereocenters. The fourth-order valence-corrected chi connectivity index (χ4v) is 4.30. The highest BCUT2D eigenvalue weighted by atomic mass is 19.4. The van der Waals surface area contributed by atoms with E-state index < -0.39 is 17.6 Å². The van der Waals surface area contributed by atoms with Crippen LogP contribution >= 0.6 is 0 Å². The van der Waals surface area contributed by atoms with Crippen molar-refractivity contribution in [3.63, 3.8) is 0 Å². The molecule has 1 fully saturated rings. The van der Waals surface area contributed by atoms with E-state index >= 15 is 0 Å². The average molecular weight is 514 g/mol. The van der Waals surface area contributed by atoms with Gasteiger partial charge >= 0.3 is 6.18 Å². The number of halogens is 3. The molecule has 0 spiro atoms. The Morgan fingerprint density at radius 3 is 2.62 bits per heavy atom. The molecule has 0 bridgehead atoms. The fraction of sp³-hybridized carbons (Fsp3) is 0.333. The van der Waals surface area contributed by atoms with Gasteiger partial charge in [0.25, 0.3) is 5.91 Å². The van der Waals surface area contributed by atoms with Gasteiger partial charge in [0.05, 0.1) is 30.0 Å². The number of pyridine rings is 1. The van der Waals surface area contributed by atoms with Crippen LogP contribution in [0.5, 0.6) is 5.75 Å². The minimum absolute atomic E-state index is 0.174. The van der Waals surface area contributed by atoms with Gasteiger partial charge in [0.2, 0.25) is 0 Å². The van der Waals surface area contributed by atoms with Gasteiger partial charge in [0.1, 0.15) is 12.4 Å². The van der Waals surface area contributed by atoms with Crippen molar-refractivity contribution >= 4 is 23.1 Å². The Balaban J connectivity index is 1.29. The zero-order valence-corrected chi connectivity index (χ0v) is 20.0. The van der Waals surface area contributed by atoms with Crippen LogP contribution in [-0.4, -0.2) is 36.9 Å². The van der Waals surface area contributed by atoms with Gasteiger partial charge in [-0.25, -0.2) is 4.98 Å². The maximum Gasteiger partial charge on any atom is 0.416 e. The molecule has 3 heterocycles. The number of nitrogens with zero attached hydrogens (tertiary/aromatic N) is 2. The molecule has 2 aromatic carbocycles. The van der Waals surface area contributed by atoms with Crippen molar-refractivity contribution in [2.24, 2.45) is 0 Å². The fourth-order valence-electron chi connectivity index (χ4n) is 4.30. The highest BCUT2D eigenvalue weighted by Crippen LogP contribution is 2.39. The Morgan fingerprint density at radius 1 is 1.08 bits per heavy atom. The molecule has 194 valence electrons. The largest absolute Gasteiger partial charge is 0.489 e. The summed E-state index contributed by atoms with van der Waals surface area (Å²) in [6, 6.07) is 13.3. The first kappa shape index (κ1) is 25.0. The van der Waals surface area contributed by atoms with Gasteiger partial charge in [-0.05, 0) is 67.3 Å². The van der Waals surface area contributed by atoms with Crippen LogP contribution in [0.4, 0.5) is 30.4 Å². The number of hydrogen-bond acceptors (Lipinski definition) is 6. The molecule has 1 atom stereocenters. The van der Waals surface area contributed by atoms with E-state index in [1.54, 1.807) is 18.3 Å². The highest BCUT2D eigenvalue weighted by molar-refractivity contribution is 6.07. The van der Waals surface area contributed by atoms with Gasteiger partial charge < -0.3 is 24.4 Å². The summed E-state index contributed by atoms with van der Waals surface area (Å²) in [6.07, 6.45) is 0.200. The monoisotopic (exact) mass is 513 g/mol. The molecular formula is C27H26F3N3O4. The van der Waals surface area contributed by atoms with Gasteiger partial charge in [0.15, 0.2) is 12.0 Å². The minimum atomic E-state index is -4.44. The van der Waals surface area contributed by atoms with E-state index in [2.05, 4.69) is 10.3 Å².